The van der Waals surface area contributed by atoms with Gasteiger partial charge in [-0.25, -0.2) is 0 Å². The Bertz CT molecular complexity index is 655. The zero-order valence-electron chi connectivity index (χ0n) is 16.9. The molecule has 0 bridgehead atoms. The summed E-state index contributed by atoms with van der Waals surface area (Å²) in [5, 5.41) is 3.92. The SMILES string of the molecule is c1cc2c(cc1OCCN1CCOCC1)C1OCCC1C(C1CCCCC1)N2. The number of fused-ring (bicyclic) bond motifs is 3. The molecule has 2 saturated heterocycles. The monoisotopic (exact) mass is 386 g/mol. The zero-order valence-corrected chi connectivity index (χ0v) is 16.9. The van der Waals surface area contributed by atoms with Gasteiger partial charge < -0.3 is 19.5 Å². The van der Waals surface area contributed by atoms with Gasteiger partial charge in [-0.3, -0.25) is 4.90 Å². The van der Waals surface area contributed by atoms with Crippen LogP contribution in [-0.2, 0) is 9.47 Å². The highest BCUT2D eigenvalue weighted by atomic mass is 16.5. The van der Waals surface area contributed by atoms with Gasteiger partial charge in [0.15, 0.2) is 0 Å². The van der Waals surface area contributed by atoms with Crippen LogP contribution >= 0.6 is 0 Å². The van der Waals surface area contributed by atoms with Crippen molar-refractivity contribution in [1.82, 2.24) is 4.90 Å². The van der Waals surface area contributed by atoms with Gasteiger partial charge in [0.2, 0.25) is 0 Å². The van der Waals surface area contributed by atoms with Crippen molar-refractivity contribution in [2.75, 3.05) is 51.4 Å². The minimum Gasteiger partial charge on any atom is -0.492 e. The third kappa shape index (κ3) is 3.89. The van der Waals surface area contributed by atoms with Crippen LogP contribution in [0.25, 0.3) is 0 Å². The predicted octanol–water partition coefficient (Wildman–Crippen LogP) is 3.85. The van der Waals surface area contributed by atoms with Gasteiger partial charge in [0.05, 0.1) is 19.3 Å². The largest absolute Gasteiger partial charge is 0.492 e. The van der Waals surface area contributed by atoms with Crippen molar-refractivity contribution in [2.45, 2.75) is 50.7 Å². The van der Waals surface area contributed by atoms with E-state index in [1.807, 2.05) is 0 Å². The Hall–Kier alpha value is -1.30. The first-order valence-corrected chi connectivity index (χ1v) is 11.3. The quantitative estimate of drug-likeness (QED) is 0.833. The maximum atomic E-state index is 6.24. The normalized spacial score (nSPS) is 31.1. The van der Waals surface area contributed by atoms with E-state index in [4.69, 9.17) is 14.2 Å². The van der Waals surface area contributed by atoms with E-state index >= 15 is 0 Å². The van der Waals surface area contributed by atoms with E-state index in [-0.39, 0.29) is 6.10 Å². The summed E-state index contributed by atoms with van der Waals surface area (Å²) in [6, 6.07) is 7.14. The second kappa shape index (κ2) is 8.60. The summed E-state index contributed by atoms with van der Waals surface area (Å²) >= 11 is 0. The Kier molecular flexibility index (Phi) is 5.75. The molecular formula is C23H34N2O3. The van der Waals surface area contributed by atoms with Gasteiger partial charge in [-0.15, -0.1) is 0 Å². The van der Waals surface area contributed by atoms with E-state index in [0.717, 1.165) is 57.7 Å². The van der Waals surface area contributed by atoms with Gasteiger partial charge >= 0.3 is 0 Å². The first kappa shape index (κ1) is 18.7. The number of rotatable bonds is 5. The van der Waals surface area contributed by atoms with Crippen LogP contribution in [0.2, 0.25) is 0 Å². The average Bonchev–Trinajstić information content (AvgIpc) is 3.25. The van der Waals surface area contributed by atoms with Crippen LogP contribution in [0, 0.1) is 11.8 Å². The van der Waals surface area contributed by atoms with Crippen molar-refractivity contribution in [1.29, 1.82) is 0 Å². The van der Waals surface area contributed by atoms with E-state index in [0.29, 0.717) is 12.0 Å². The minimum atomic E-state index is 0.242. The Morgan fingerprint density at radius 2 is 1.89 bits per heavy atom. The van der Waals surface area contributed by atoms with Crippen LogP contribution in [0.1, 0.15) is 50.2 Å². The van der Waals surface area contributed by atoms with Crippen LogP contribution in [0.4, 0.5) is 5.69 Å². The minimum absolute atomic E-state index is 0.242. The highest BCUT2D eigenvalue weighted by Crippen LogP contribution is 2.49. The van der Waals surface area contributed by atoms with Crippen molar-refractivity contribution in [2.24, 2.45) is 11.8 Å². The number of ether oxygens (including phenoxy) is 3. The first-order valence-electron chi connectivity index (χ1n) is 11.3. The molecule has 4 aliphatic rings. The smallest absolute Gasteiger partial charge is 0.119 e. The molecule has 3 heterocycles. The van der Waals surface area contributed by atoms with Gasteiger partial charge in [0, 0.05) is 49.5 Å². The van der Waals surface area contributed by atoms with E-state index in [9.17, 15) is 0 Å². The second-order valence-electron chi connectivity index (χ2n) is 8.86. The van der Waals surface area contributed by atoms with Gasteiger partial charge in [-0.2, -0.15) is 0 Å². The summed E-state index contributed by atoms with van der Waals surface area (Å²) in [5.41, 5.74) is 2.57. The highest BCUT2D eigenvalue weighted by Gasteiger charge is 2.44. The fourth-order valence-electron chi connectivity index (χ4n) is 5.66. The topological polar surface area (TPSA) is 43.0 Å². The van der Waals surface area contributed by atoms with Crippen molar-refractivity contribution in [3.63, 3.8) is 0 Å². The van der Waals surface area contributed by atoms with E-state index in [1.165, 1.54) is 49.8 Å². The molecule has 5 rings (SSSR count). The predicted molar refractivity (Wildman–Crippen MR) is 110 cm³/mol. The van der Waals surface area contributed by atoms with E-state index in [2.05, 4.69) is 28.4 Å². The summed E-state index contributed by atoms with van der Waals surface area (Å²) in [7, 11) is 0. The molecule has 28 heavy (non-hydrogen) atoms. The summed E-state index contributed by atoms with van der Waals surface area (Å²) < 4.78 is 17.8. The summed E-state index contributed by atoms with van der Waals surface area (Å²) in [5.74, 6) is 2.39. The number of nitrogens with one attached hydrogen (secondary N) is 1. The molecule has 1 aromatic carbocycles. The third-order valence-electron chi connectivity index (χ3n) is 7.19. The van der Waals surface area contributed by atoms with Crippen LogP contribution in [0.5, 0.6) is 5.75 Å². The van der Waals surface area contributed by atoms with Gasteiger partial charge in [0.25, 0.3) is 0 Å². The zero-order chi connectivity index (χ0) is 18.8. The highest BCUT2D eigenvalue weighted by molar-refractivity contribution is 5.58. The van der Waals surface area contributed by atoms with Gasteiger partial charge in [-0.1, -0.05) is 19.3 Å². The molecule has 1 aliphatic carbocycles. The number of hydrogen-bond acceptors (Lipinski definition) is 5. The molecule has 3 unspecified atom stereocenters. The molecule has 5 heteroatoms. The number of morpholine rings is 1. The molecule has 0 spiro atoms. The molecule has 1 saturated carbocycles. The van der Waals surface area contributed by atoms with Gasteiger partial charge in [0.1, 0.15) is 12.4 Å². The molecule has 3 aliphatic heterocycles. The van der Waals surface area contributed by atoms with Crippen molar-refractivity contribution >= 4 is 5.69 Å². The Morgan fingerprint density at radius 1 is 1.04 bits per heavy atom. The van der Waals surface area contributed by atoms with E-state index in [1.54, 1.807) is 0 Å². The molecule has 0 aromatic heterocycles. The fourth-order valence-corrected chi connectivity index (χ4v) is 5.66. The molecule has 1 N–H and O–H groups in total. The first-order chi connectivity index (χ1) is 13.9. The molecule has 0 amide bonds. The summed E-state index contributed by atoms with van der Waals surface area (Å²) in [6.07, 6.45) is 8.37. The molecular weight excluding hydrogens is 352 g/mol. The summed E-state index contributed by atoms with van der Waals surface area (Å²) in [6.45, 7) is 6.29. The molecule has 5 nitrogen and oxygen atoms in total. The number of anilines is 1. The lowest BCUT2D eigenvalue weighted by molar-refractivity contribution is 0.0322. The van der Waals surface area contributed by atoms with Crippen LogP contribution < -0.4 is 10.1 Å². The second-order valence-corrected chi connectivity index (χ2v) is 8.86. The Balaban J connectivity index is 1.26. The molecule has 0 radical (unpaired) electrons. The van der Waals surface area contributed by atoms with Crippen molar-refractivity contribution in [3.8, 4) is 5.75 Å². The molecule has 3 fully saturated rings. The standard InChI is InChI=1S/C23H34N2O3/c1-2-4-17(5-3-1)22-19-8-12-28-23(19)20-16-18(6-7-21(20)24-22)27-15-11-25-9-13-26-14-10-25/h6-7,16-17,19,22-24H,1-5,8-15H2. The summed E-state index contributed by atoms with van der Waals surface area (Å²) in [4.78, 5) is 2.41. The Morgan fingerprint density at radius 3 is 2.75 bits per heavy atom. The maximum absolute atomic E-state index is 6.24. The lowest BCUT2D eigenvalue weighted by Gasteiger charge is -2.42. The van der Waals surface area contributed by atoms with Crippen LogP contribution in [0.15, 0.2) is 18.2 Å². The number of benzene rings is 1. The molecule has 3 atom stereocenters. The van der Waals surface area contributed by atoms with Crippen molar-refractivity contribution < 1.29 is 14.2 Å². The molecule has 1 aromatic rings. The number of nitrogens with zero attached hydrogens (tertiary/aromatic N) is 1. The van der Waals surface area contributed by atoms with E-state index < -0.39 is 0 Å². The van der Waals surface area contributed by atoms with Crippen molar-refractivity contribution in [3.05, 3.63) is 23.8 Å². The fraction of sp³-hybridized carbons (Fsp3) is 0.739. The third-order valence-corrected chi connectivity index (χ3v) is 7.19. The molecule has 154 valence electrons. The Labute approximate surface area is 168 Å². The average molecular weight is 387 g/mol. The lowest BCUT2D eigenvalue weighted by Crippen LogP contribution is -2.42. The number of hydrogen-bond donors (Lipinski definition) is 1. The van der Waals surface area contributed by atoms with Gasteiger partial charge in [-0.05, 0) is 43.4 Å². The van der Waals surface area contributed by atoms with Crippen LogP contribution in [0.3, 0.4) is 0 Å². The lowest BCUT2D eigenvalue weighted by atomic mass is 9.73. The van der Waals surface area contributed by atoms with Crippen LogP contribution in [-0.4, -0.2) is 57.0 Å². The maximum Gasteiger partial charge on any atom is 0.119 e.